The van der Waals surface area contributed by atoms with Crippen molar-refractivity contribution in [3.63, 3.8) is 0 Å². The molecule has 1 aliphatic rings. The van der Waals surface area contributed by atoms with Crippen LogP contribution in [0, 0.1) is 32.1 Å². The number of hydrogen-bond donors (Lipinski definition) is 0. The first-order chi connectivity index (χ1) is 19.0. The van der Waals surface area contributed by atoms with Crippen molar-refractivity contribution in [3.8, 4) is 34.4 Å². The lowest BCUT2D eigenvalue weighted by Crippen LogP contribution is -2.28. The molecule has 1 aliphatic carbocycles. The van der Waals surface area contributed by atoms with E-state index >= 15 is 0 Å². The molecule has 0 bridgehead atoms. The summed E-state index contributed by atoms with van der Waals surface area (Å²) >= 11 is 0. The van der Waals surface area contributed by atoms with Crippen LogP contribution in [0.4, 0.5) is 0 Å². The molecule has 0 amide bonds. The molecule has 0 aliphatic heterocycles. The topological polar surface area (TPSA) is 42.2 Å². The van der Waals surface area contributed by atoms with Crippen LogP contribution in [0.5, 0.6) is 17.2 Å². The van der Waals surface area contributed by atoms with Gasteiger partial charge >= 0.3 is 0 Å². The van der Waals surface area contributed by atoms with Crippen molar-refractivity contribution < 1.29 is 9.47 Å². The summed E-state index contributed by atoms with van der Waals surface area (Å²) in [6.07, 6.45) is 0. The average Bonchev–Trinajstić information content (AvgIpc) is 3.25. The molecule has 39 heavy (non-hydrogen) atoms. The minimum Gasteiger partial charge on any atom is -0.496 e. The van der Waals surface area contributed by atoms with E-state index in [-0.39, 0.29) is 0 Å². The minimum absolute atomic E-state index is 0.505. The van der Waals surface area contributed by atoms with Gasteiger partial charge in [0.1, 0.15) is 23.3 Å². The predicted octanol–water partition coefficient (Wildman–Crippen LogP) is 8.65. The molecule has 3 heteroatoms. The zero-order valence-corrected chi connectivity index (χ0v) is 22.6. The molecule has 0 fully saturated rings. The van der Waals surface area contributed by atoms with Crippen LogP contribution in [0.15, 0.2) is 103 Å². The van der Waals surface area contributed by atoms with E-state index in [1.54, 1.807) is 7.11 Å². The molecular weight excluding hydrogens is 478 g/mol. The van der Waals surface area contributed by atoms with Gasteiger partial charge < -0.3 is 9.47 Å². The van der Waals surface area contributed by atoms with Crippen molar-refractivity contribution in [3.05, 3.63) is 148 Å². The van der Waals surface area contributed by atoms with Crippen LogP contribution in [-0.2, 0) is 5.41 Å². The fourth-order valence-corrected chi connectivity index (χ4v) is 6.12. The summed E-state index contributed by atoms with van der Waals surface area (Å²) in [5.74, 6) is 2.19. The number of fused-ring (bicyclic) bond motifs is 3. The van der Waals surface area contributed by atoms with Gasteiger partial charge in [0.25, 0.3) is 0 Å². The molecule has 0 saturated heterocycles. The Morgan fingerprint density at radius 1 is 0.590 bits per heavy atom. The Labute approximate surface area is 229 Å². The summed E-state index contributed by atoms with van der Waals surface area (Å²) in [6, 6.07) is 38.4. The van der Waals surface area contributed by atoms with E-state index in [0.717, 1.165) is 28.2 Å². The summed E-state index contributed by atoms with van der Waals surface area (Å²) in [5, 5.41) is 9.70. The third kappa shape index (κ3) is 3.72. The van der Waals surface area contributed by atoms with Gasteiger partial charge in [-0.25, -0.2) is 0 Å². The molecule has 0 N–H and O–H groups in total. The molecule has 0 atom stereocenters. The largest absolute Gasteiger partial charge is 0.496 e. The lowest BCUT2D eigenvalue weighted by molar-refractivity contribution is 0.411. The normalized spacial score (nSPS) is 12.8. The Hall–Kier alpha value is -4.81. The Morgan fingerprint density at radius 2 is 1.15 bits per heavy atom. The zero-order valence-electron chi connectivity index (χ0n) is 22.6. The van der Waals surface area contributed by atoms with Crippen molar-refractivity contribution in [2.75, 3.05) is 7.11 Å². The highest BCUT2D eigenvalue weighted by Crippen LogP contribution is 2.56. The molecule has 0 heterocycles. The molecule has 190 valence electrons. The lowest BCUT2D eigenvalue weighted by atomic mass is 9.67. The molecule has 0 radical (unpaired) electrons. The van der Waals surface area contributed by atoms with Gasteiger partial charge in [0, 0.05) is 0 Å². The van der Waals surface area contributed by atoms with E-state index in [1.807, 2.05) is 31.2 Å². The van der Waals surface area contributed by atoms with E-state index in [2.05, 4.69) is 98.8 Å². The predicted molar refractivity (Wildman–Crippen MR) is 156 cm³/mol. The van der Waals surface area contributed by atoms with Gasteiger partial charge in [0.05, 0.1) is 18.1 Å². The SMILES string of the molecule is COc1ccc(C2(c3ccc(Oc4cccc(C)c4C#N)c(C)c3)c3ccccc3-c3ccccc32)cc1C. The highest BCUT2D eigenvalue weighted by molar-refractivity contribution is 5.86. The fraction of sp³-hybridized carbons (Fsp3) is 0.139. The van der Waals surface area contributed by atoms with Crippen molar-refractivity contribution in [2.45, 2.75) is 26.2 Å². The Morgan fingerprint density at radius 3 is 1.69 bits per heavy atom. The molecule has 5 aromatic rings. The van der Waals surface area contributed by atoms with E-state index in [0.29, 0.717) is 11.3 Å². The van der Waals surface area contributed by atoms with Crippen molar-refractivity contribution in [1.82, 2.24) is 0 Å². The van der Waals surface area contributed by atoms with Gasteiger partial charge in [-0.1, -0.05) is 84.9 Å². The van der Waals surface area contributed by atoms with E-state index in [4.69, 9.17) is 9.47 Å². The summed E-state index contributed by atoms with van der Waals surface area (Å²) in [4.78, 5) is 0. The molecular formula is C36H29NO2. The standard InChI is InChI=1S/C36H29NO2/c1-23-10-9-15-35(30(23)22-37)39-34-19-17-27(21-25(34)3)36(26-16-18-33(38-4)24(2)20-26)31-13-7-5-11-28(31)29-12-6-8-14-32(29)36/h5-21H,1-4H3. The number of nitrogens with zero attached hydrogens (tertiary/aromatic N) is 1. The smallest absolute Gasteiger partial charge is 0.145 e. The second kappa shape index (κ2) is 9.49. The van der Waals surface area contributed by atoms with Crippen molar-refractivity contribution in [1.29, 1.82) is 5.26 Å². The summed E-state index contributed by atoms with van der Waals surface area (Å²) in [5.41, 5.74) is 10.4. The van der Waals surface area contributed by atoms with Crippen LogP contribution in [-0.4, -0.2) is 7.11 Å². The second-order valence-electron chi connectivity index (χ2n) is 10.2. The first-order valence-electron chi connectivity index (χ1n) is 13.1. The number of ether oxygens (including phenoxy) is 2. The number of rotatable bonds is 5. The Balaban J connectivity index is 1.59. The average molecular weight is 508 g/mol. The van der Waals surface area contributed by atoms with Gasteiger partial charge in [-0.15, -0.1) is 0 Å². The molecule has 0 spiro atoms. The monoisotopic (exact) mass is 507 g/mol. The number of hydrogen-bond acceptors (Lipinski definition) is 3. The van der Waals surface area contributed by atoms with Crippen molar-refractivity contribution in [2.24, 2.45) is 0 Å². The quantitative estimate of drug-likeness (QED) is 0.234. The molecule has 3 nitrogen and oxygen atoms in total. The maximum absolute atomic E-state index is 9.70. The van der Waals surface area contributed by atoms with E-state index in [9.17, 15) is 5.26 Å². The lowest BCUT2D eigenvalue weighted by Gasteiger charge is -2.34. The fourth-order valence-electron chi connectivity index (χ4n) is 6.12. The van der Waals surface area contributed by atoms with Gasteiger partial charge in [-0.3, -0.25) is 0 Å². The first-order valence-corrected chi connectivity index (χ1v) is 13.1. The number of aryl methyl sites for hydroxylation is 3. The molecule has 5 aromatic carbocycles. The summed E-state index contributed by atoms with van der Waals surface area (Å²) in [6.45, 7) is 6.09. The molecule has 6 rings (SSSR count). The van der Waals surface area contributed by atoms with Crippen LogP contribution >= 0.6 is 0 Å². The Bertz CT molecular complexity index is 1730. The van der Waals surface area contributed by atoms with Crippen LogP contribution in [0.2, 0.25) is 0 Å². The van der Waals surface area contributed by atoms with Gasteiger partial charge in [0.2, 0.25) is 0 Å². The Kier molecular flexibility index (Phi) is 5.97. The van der Waals surface area contributed by atoms with E-state index < -0.39 is 5.41 Å². The maximum Gasteiger partial charge on any atom is 0.145 e. The second-order valence-corrected chi connectivity index (χ2v) is 10.2. The minimum atomic E-state index is -0.505. The van der Waals surface area contributed by atoms with Crippen LogP contribution in [0.3, 0.4) is 0 Å². The third-order valence-corrected chi connectivity index (χ3v) is 7.95. The summed E-state index contributed by atoms with van der Waals surface area (Å²) < 4.78 is 11.9. The highest BCUT2D eigenvalue weighted by atomic mass is 16.5. The maximum atomic E-state index is 9.70. The number of nitriles is 1. The molecule has 0 unspecified atom stereocenters. The number of benzene rings is 5. The first kappa shape index (κ1) is 24.5. The van der Waals surface area contributed by atoms with Crippen LogP contribution in [0.1, 0.15) is 44.5 Å². The molecule has 0 saturated carbocycles. The van der Waals surface area contributed by atoms with Crippen LogP contribution in [0.25, 0.3) is 11.1 Å². The third-order valence-electron chi connectivity index (χ3n) is 7.95. The van der Waals surface area contributed by atoms with Crippen LogP contribution < -0.4 is 9.47 Å². The van der Waals surface area contributed by atoms with Crippen molar-refractivity contribution >= 4 is 0 Å². The van der Waals surface area contributed by atoms with Gasteiger partial charge in [-0.2, -0.15) is 5.26 Å². The highest BCUT2D eigenvalue weighted by Gasteiger charge is 2.46. The van der Waals surface area contributed by atoms with E-state index in [1.165, 1.54) is 33.4 Å². The van der Waals surface area contributed by atoms with Gasteiger partial charge in [0.15, 0.2) is 0 Å². The van der Waals surface area contributed by atoms with Gasteiger partial charge in [-0.05, 0) is 89.0 Å². The summed E-state index contributed by atoms with van der Waals surface area (Å²) in [7, 11) is 1.71. The molecule has 0 aromatic heterocycles. The zero-order chi connectivity index (χ0) is 27.1. The number of methoxy groups -OCH3 is 1.